The second-order valence-corrected chi connectivity index (χ2v) is 8.15. The third-order valence-electron chi connectivity index (χ3n) is 4.38. The second-order valence-electron chi connectivity index (χ2n) is 6.05. The Hall–Kier alpha value is -2.18. The zero-order valence-corrected chi connectivity index (χ0v) is 15.4. The van der Waals surface area contributed by atoms with E-state index in [0.29, 0.717) is 28.7 Å². The Labute approximate surface area is 158 Å². The van der Waals surface area contributed by atoms with Gasteiger partial charge in [-0.1, -0.05) is 23.7 Å². The summed E-state index contributed by atoms with van der Waals surface area (Å²) in [6.07, 6.45) is 1.58. The molecule has 134 valence electrons. The minimum absolute atomic E-state index is 0.0362. The van der Waals surface area contributed by atoms with Crippen LogP contribution in [0.1, 0.15) is 0 Å². The average molecular weight is 391 g/mol. The summed E-state index contributed by atoms with van der Waals surface area (Å²) < 4.78 is 30.3. The molecule has 0 saturated carbocycles. The summed E-state index contributed by atoms with van der Waals surface area (Å²) in [4.78, 5) is 6.71. The molecule has 0 amide bonds. The minimum atomic E-state index is -0.684. The van der Waals surface area contributed by atoms with Gasteiger partial charge in [0.1, 0.15) is 17.8 Å². The summed E-state index contributed by atoms with van der Waals surface area (Å²) in [5.41, 5.74) is 3.37. The molecule has 4 nitrogen and oxygen atoms in total. The topological polar surface area (TPSA) is 46.3 Å². The molecule has 26 heavy (non-hydrogen) atoms. The number of rotatable bonds is 3. The van der Waals surface area contributed by atoms with Crippen LogP contribution in [-0.4, -0.2) is 33.8 Å². The molecule has 3 aromatic rings. The van der Waals surface area contributed by atoms with Crippen LogP contribution in [0.5, 0.6) is 0 Å². The molecule has 0 unspecified atom stereocenters. The molecule has 2 aromatic carbocycles. The van der Waals surface area contributed by atoms with Crippen LogP contribution in [0.3, 0.4) is 0 Å². The minimum Gasteiger partial charge on any atom is -0.444 e. The van der Waals surface area contributed by atoms with Crippen molar-refractivity contribution in [1.82, 2.24) is 4.98 Å². The van der Waals surface area contributed by atoms with Crippen LogP contribution in [0.15, 0.2) is 53.1 Å². The number of halogens is 2. The van der Waals surface area contributed by atoms with Crippen LogP contribution in [0.25, 0.3) is 22.7 Å². The Morgan fingerprint density at radius 3 is 2.46 bits per heavy atom. The van der Waals surface area contributed by atoms with Crippen molar-refractivity contribution in [1.29, 1.82) is 0 Å². The predicted octanol–water partition coefficient (Wildman–Crippen LogP) is 4.37. The van der Waals surface area contributed by atoms with Crippen molar-refractivity contribution >= 4 is 28.1 Å². The molecule has 0 aliphatic carbocycles. The number of hydrogen-bond donors (Lipinski definition) is 0. The molecule has 7 heteroatoms. The molecule has 2 heterocycles. The number of aromatic nitrogens is 1. The van der Waals surface area contributed by atoms with Gasteiger partial charge in [-0.2, -0.15) is 0 Å². The first-order valence-electron chi connectivity index (χ1n) is 8.21. The Kier molecular flexibility index (Phi) is 4.78. The summed E-state index contributed by atoms with van der Waals surface area (Å²) >= 11 is 5.82. The van der Waals surface area contributed by atoms with E-state index >= 15 is 0 Å². The predicted molar refractivity (Wildman–Crippen MR) is 102 cm³/mol. The number of hydrogen-bond acceptors (Lipinski definition) is 4. The molecule has 1 fully saturated rings. The van der Waals surface area contributed by atoms with Crippen LogP contribution in [0, 0.1) is 5.82 Å². The molecule has 0 atom stereocenters. The standard InChI is InChI=1S/C19H16ClFN2O2S/c20-16-11-14(3-6-17(16)21)19-22-18(12-25-19)13-1-4-15(5-2-13)23-7-9-26(24)10-8-23/h1-6,11-12H,7-10H2. The fourth-order valence-corrected chi connectivity index (χ4v) is 4.14. The Bertz CT molecular complexity index is 948. The number of benzene rings is 2. The highest BCUT2D eigenvalue weighted by Gasteiger charge is 2.16. The van der Waals surface area contributed by atoms with Gasteiger partial charge in [-0.25, -0.2) is 9.37 Å². The van der Waals surface area contributed by atoms with Gasteiger partial charge >= 0.3 is 0 Å². The summed E-state index contributed by atoms with van der Waals surface area (Å²) in [7, 11) is -0.684. The van der Waals surface area contributed by atoms with Crippen molar-refractivity contribution in [2.45, 2.75) is 0 Å². The van der Waals surface area contributed by atoms with Gasteiger partial charge in [0, 0.05) is 52.2 Å². The van der Waals surface area contributed by atoms with Crippen molar-refractivity contribution in [3.63, 3.8) is 0 Å². The van der Waals surface area contributed by atoms with E-state index in [1.807, 2.05) is 24.3 Å². The van der Waals surface area contributed by atoms with Gasteiger partial charge in [0.25, 0.3) is 0 Å². The lowest BCUT2D eigenvalue weighted by atomic mass is 10.1. The van der Waals surface area contributed by atoms with E-state index in [1.165, 1.54) is 12.1 Å². The zero-order chi connectivity index (χ0) is 18.1. The maximum atomic E-state index is 13.3. The summed E-state index contributed by atoms with van der Waals surface area (Å²) in [6.45, 7) is 1.62. The molecule has 0 bridgehead atoms. The van der Waals surface area contributed by atoms with Crippen molar-refractivity contribution in [2.24, 2.45) is 0 Å². The van der Waals surface area contributed by atoms with Crippen LogP contribution < -0.4 is 4.90 Å². The molecule has 0 N–H and O–H groups in total. The molecule has 1 aliphatic rings. The van der Waals surface area contributed by atoms with Gasteiger partial charge in [0.2, 0.25) is 5.89 Å². The fourth-order valence-electron chi connectivity index (χ4n) is 2.91. The Morgan fingerprint density at radius 2 is 1.77 bits per heavy atom. The smallest absolute Gasteiger partial charge is 0.226 e. The van der Waals surface area contributed by atoms with Gasteiger partial charge in [0.15, 0.2) is 0 Å². The van der Waals surface area contributed by atoms with Gasteiger partial charge in [0.05, 0.1) is 5.02 Å². The average Bonchev–Trinajstić information content (AvgIpc) is 3.15. The van der Waals surface area contributed by atoms with Gasteiger partial charge in [-0.15, -0.1) is 0 Å². The van der Waals surface area contributed by atoms with E-state index in [9.17, 15) is 8.60 Å². The maximum absolute atomic E-state index is 13.3. The van der Waals surface area contributed by atoms with Crippen LogP contribution in [0.2, 0.25) is 5.02 Å². The molecular weight excluding hydrogens is 375 g/mol. The van der Waals surface area contributed by atoms with E-state index < -0.39 is 16.6 Å². The first-order chi connectivity index (χ1) is 12.6. The van der Waals surface area contributed by atoms with Crippen molar-refractivity contribution < 1.29 is 13.0 Å². The van der Waals surface area contributed by atoms with Crippen LogP contribution >= 0.6 is 11.6 Å². The lowest BCUT2D eigenvalue weighted by Crippen LogP contribution is -2.37. The molecular formula is C19H16ClFN2O2S. The SMILES string of the molecule is O=S1CCN(c2ccc(-c3coc(-c4ccc(F)c(Cl)c4)n3)cc2)CC1. The summed E-state index contributed by atoms with van der Waals surface area (Å²) in [5.74, 6) is 1.35. The third kappa shape index (κ3) is 3.52. The maximum Gasteiger partial charge on any atom is 0.226 e. The highest BCUT2D eigenvalue weighted by Crippen LogP contribution is 2.28. The third-order valence-corrected chi connectivity index (χ3v) is 5.94. The normalized spacial score (nSPS) is 15.4. The second kappa shape index (κ2) is 7.21. The monoisotopic (exact) mass is 390 g/mol. The summed E-state index contributed by atoms with van der Waals surface area (Å²) in [6, 6.07) is 12.4. The van der Waals surface area contributed by atoms with E-state index in [1.54, 1.807) is 12.3 Å². The number of nitrogens with zero attached hydrogens (tertiary/aromatic N) is 2. The lowest BCUT2D eigenvalue weighted by molar-refractivity contribution is 0.574. The first kappa shape index (κ1) is 17.2. The molecule has 0 spiro atoms. The molecule has 4 rings (SSSR count). The molecule has 1 aromatic heterocycles. The molecule has 0 radical (unpaired) electrons. The van der Waals surface area contributed by atoms with Crippen molar-refractivity contribution in [3.05, 3.63) is 59.6 Å². The van der Waals surface area contributed by atoms with Crippen LogP contribution in [-0.2, 0) is 10.8 Å². The molecule has 1 saturated heterocycles. The van der Waals surface area contributed by atoms with Gasteiger partial charge in [-0.3, -0.25) is 4.21 Å². The first-order valence-corrected chi connectivity index (χ1v) is 10.1. The van der Waals surface area contributed by atoms with Gasteiger partial charge in [-0.05, 0) is 30.3 Å². The number of oxazole rings is 1. The van der Waals surface area contributed by atoms with E-state index in [0.717, 1.165) is 24.3 Å². The van der Waals surface area contributed by atoms with Crippen molar-refractivity contribution in [3.8, 4) is 22.7 Å². The van der Waals surface area contributed by atoms with E-state index in [-0.39, 0.29) is 5.02 Å². The Balaban J connectivity index is 1.54. The zero-order valence-electron chi connectivity index (χ0n) is 13.8. The highest BCUT2D eigenvalue weighted by atomic mass is 35.5. The lowest BCUT2D eigenvalue weighted by Gasteiger charge is -2.28. The van der Waals surface area contributed by atoms with Gasteiger partial charge < -0.3 is 9.32 Å². The Morgan fingerprint density at radius 1 is 1.08 bits per heavy atom. The quantitative estimate of drug-likeness (QED) is 0.666. The molecule has 1 aliphatic heterocycles. The van der Waals surface area contributed by atoms with E-state index in [4.69, 9.17) is 16.0 Å². The van der Waals surface area contributed by atoms with Crippen molar-refractivity contribution in [2.75, 3.05) is 29.5 Å². The fraction of sp³-hybridized carbons (Fsp3) is 0.211. The number of anilines is 1. The highest BCUT2D eigenvalue weighted by molar-refractivity contribution is 7.85. The van der Waals surface area contributed by atoms with E-state index in [2.05, 4.69) is 9.88 Å². The van der Waals surface area contributed by atoms with Crippen LogP contribution in [0.4, 0.5) is 10.1 Å². The summed E-state index contributed by atoms with van der Waals surface area (Å²) in [5, 5.41) is 0.0362. The largest absolute Gasteiger partial charge is 0.444 e.